The van der Waals surface area contributed by atoms with Crippen LogP contribution in [0.4, 0.5) is 0 Å². The molecular formula is C21H30N2O2. The molecule has 0 bridgehead atoms. The Morgan fingerprint density at radius 2 is 2.20 bits per heavy atom. The van der Waals surface area contributed by atoms with E-state index in [1.54, 1.807) is 0 Å². The Balaban J connectivity index is 1.62. The minimum absolute atomic E-state index is 0.0686. The van der Waals surface area contributed by atoms with Gasteiger partial charge in [0.15, 0.2) is 0 Å². The molecule has 0 saturated heterocycles. The Hall–Kier alpha value is -1.55. The number of benzene rings is 1. The molecule has 0 heterocycles. The van der Waals surface area contributed by atoms with Gasteiger partial charge in [-0.25, -0.2) is 0 Å². The van der Waals surface area contributed by atoms with Gasteiger partial charge in [0.2, 0.25) is 5.91 Å². The number of amides is 1. The molecule has 2 fully saturated rings. The van der Waals surface area contributed by atoms with E-state index in [2.05, 4.69) is 11.4 Å². The Morgan fingerprint density at radius 3 is 3.00 bits per heavy atom. The predicted octanol–water partition coefficient (Wildman–Crippen LogP) is 3.43. The zero-order valence-corrected chi connectivity index (χ0v) is 15.1. The lowest BCUT2D eigenvalue weighted by atomic mass is 9.54. The van der Waals surface area contributed by atoms with Gasteiger partial charge in [0.25, 0.3) is 0 Å². The lowest BCUT2D eigenvalue weighted by molar-refractivity contribution is -0.123. The zero-order valence-electron chi connectivity index (χ0n) is 15.1. The van der Waals surface area contributed by atoms with Gasteiger partial charge in [0, 0.05) is 11.8 Å². The molecule has 3 aliphatic rings. The SMILES string of the molecule is CCC(=O)NC(N)[C@@]12CCC[C@H]1[C@@H]1CCc3cc(O)ccc3[C@H]1CC2. The molecule has 2 saturated carbocycles. The van der Waals surface area contributed by atoms with Crippen LogP contribution in [-0.4, -0.2) is 17.2 Å². The molecular weight excluding hydrogens is 312 g/mol. The van der Waals surface area contributed by atoms with Crippen molar-refractivity contribution < 1.29 is 9.90 Å². The molecule has 1 unspecified atom stereocenters. The number of carbonyl (C=O) groups is 1. The van der Waals surface area contributed by atoms with Gasteiger partial charge < -0.3 is 16.2 Å². The average Bonchev–Trinajstić information content (AvgIpc) is 3.06. The van der Waals surface area contributed by atoms with Gasteiger partial charge in [-0.3, -0.25) is 4.79 Å². The molecule has 4 rings (SSSR count). The Labute approximate surface area is 150 Å². The summed E-state index contributed by atoms with van der Waals surface area (Å²) in [5, 5.41) is 12.9. The minimum Gasteiger partial charge on any atom is -0.508 e. The van der Waals surface area contributed by atoms with Gasteiger partial charge in [-0.2, -0.15) is 0 Å². The van der Waals surface area contributed by atoms with E-state index in [9.17, 15) is 9.90 Å². The number of aromatic hydroxyl groups is 1. The fraction of sp³-hybridized carbons (Fsp3) is 0.667. The fourth-order valence-electron chi connectivity index (χ4n) is 6.24. The molecule has 0 aliphatic heterocycles. The first-order chi connectivity index (χ1) is 12.0. The second-order valence-corrected chi connectivity index (χ2v) is 8.36. The number of carbonyl (C=O) groups excluding carboxylic acids is 1. The summed E-state index contributed by atoms with van der Waals surface area (Å²) >= 11 is 0. The molecule has 0 radical (unpaired) electrons. The van der Waals surface area contributed by atoms with E-state index in [1.165, 1.54) is 30.4 Å². The van der Waals surface area contributed by atoms with Crippen LogP contribution in [0, 0.1) is 17.3 Å². The molecule has 3 aliphatic carbocycles. The van der Waals surface area contributed by atoms with E-state index in [-0.39, 0.29) is 17.5 Å². The summed E-state index contributed by atoms with van der Waals surface area (Å²) in [6.07, 6.45) is 8.38. The highest BCUT2D eigenvalue weighted by molar-refractivity contribution is 5.75. The molecule has 25 heavy (non-hydrogen) atoms. The summed E-state index contributed by atoms with van der Waals surface area (Å²) in [5.74, 6) is 2.32. The van der Waals surface area contributed by atoms with E-state index in [4.69, 9.17) is 5.73 Å². The van der Waals surface area contributed by atoms with Crippen LogP contribution in [0.25, 0.3) is 0 Å². The van der Waals surface area contributed by atoms with Crippen LogP contribution in [0.15, 0.2) is 18.2 Å². The summed E-state index contributed by atoms with van der Waals surface area (Å²) in [5.41, 5.74) is 9.43. The van der Waals surface area contributed by atoms with Crippen molar-refractivity contribution in [2.75, 3.05) is 0 Å². The number of hydrogen-bond donors (Lipinski definition) is 3. The van der Waals surface area contributed by atoms with Crippen LogP contribution in [0.2, 0.25) is 0 Å². The van der Waals surface area contributed by atoms with Gasteiger partial charge in [0.1, 0.15) is 5.75 Å². The molecule has 1 aromatic rings. The highest BCUT2D eigenvalue weighted by atomic mass is 16.3. The smallest absolute Gasteiger partial charge is 0.220 e. The van der Waals surface area contributed by atoms with E-state index in [1.807, 2.05) is 19.1 Å². The van der Waals surface area contributed by atoms with E-state index in [0.29, 0.717) is 29.9 Å². The Kier molecular flexibility index (Phi) is 4.27. The van der Waals surface area contributed by atoms with Crippen molar-refractivity contribution in [2.24, 2.45) is 23.0 Å². The number of fused-ring (bicyclic) bond motifs is 5. The summed E-state index contributed by atoms with van der Waals surface area (Å²) in [6, 6.07) is 5.93. The maximum Gasteiger partial charge on any atom is 0.220 e. The maximum atomic E-state index is 11.9. The molecule has 1 aromatic carbocycles. The molecule has 0 spiro atoms. The van der Waals surface area contributed by atoms with Crippen LogP contribution in [0.5, 0.6) is 5.75 Å². The third-order valence-electron chi connectivity index (χ3n) is 7.38. The second-order valence-electron chi connectivity index (χ2n) is 8.36. The lowest BCUT2D eigenvalue weighted by Crippen LogP contribution is -2.58. The van der Waals surface area contributed by atoms with E-state index in [0.717, 1.165) is 25.7 Å². The van der Waals surface area contributed by atoms with Gasteiger partial charge >= 0.3 is 0 Å². The van der Waals surface area contributed by atoms with Gasteiger partial charge in [0.05, 0.1) is 6.17 Å². The Bertz CT molecular complexity index is 674. The molecule has 0 aromatic heterocycles. The van der Waals surface area contributed by atoms with Crippen LogP contribution < -0.4 is 11.1 Å². The third-order valence-corrected chi connectivity index (χ3v) is 7.38. The van der Waals surface area contributed by atoms with Gasteiger partial charge in [-0.05, 0) is 79.5 Å². The number of phenols is 1. The highest BCUT2D eigenvalue weighted by Crippen LogP contribution is 2.61. The molecule has 1 amide bonds. The summed E-state index contributed by atoms with van der Waals surface area (Å²) in [7, 11) is 0. The van der Waals surface area contributed by atoms with Crippen molar-refractivity contribution in [1.29, 1.82) is 0 Å². The first-order valence-corrected chi connectivity index (χ1v) is 9.92. The van der Waals surface area contributed by atoms with Crippen molar-refractivity contribution >= 4 is 5.91 Å². The van der Waals surface area contributed by atoms with E-state index < -0.39 is 0 Å². The van der Waals surface area contributed by atoms with Crippen LogP contribution >= 0.6 is 0 Å². The first-order valence-electron chi connectivity index (χ1n) is 9.92. The van der Waals surface area contributed by atoms with E-state index >= 15 is 0 Å². The number of phenolic OH excluding ortho intramolecular Hbond substituents is 1. The normalized spacial score (nSPS) is 34.6. The van der Waals surface area contributed by atoms with Crippen LogP contribution in [-0.2, 0) is 11.2 Å². The molecule has 4 heteroatoms. The van der Waals surface area contributed by atoms with Gasteiger partial charge in [-0.1, -0.05) is 19.4 Å². The summed E-state index contributed by atoms with van der Waals surface area (Å²) in [6.45, 7) is 1.89. The minimum atomic E-state index is -0.213. The maximum absolute atomic E-state index is 11.9. The summed E-state index contributed by atoms with van der Waals surface area (Å²) < 4.78 is 0. The topological polar surface area (TPSA) is 75.4 Å². The number of aryl methyl sites for hydroxylation is 1. The number of hydrogen-bond acceptors (Lipinski definition) is 3. The number of rotatable bonds is 3. The predicted molar refractivity (Wildman–Crippen MR) is 98.1 cm³/mol. The van der Waals surface area contributed by atoms with Crippen molar-refractivity contribution in [3.05, 3.63) is 29.3 Å². The molecule has 136 valence electrons. The number of nitrogens with one attached hydrogen (secondary N) is 1. The van der Waals surface area contributed by atoms with Crippen LogP contribution in [0.1, 0.15) is 68.9 Å². The second kappa shape index (κ2) is 6.31. The van der Waals surface area contributed by atoms with Crippen molar-refractivity contribution in [3.8, 4) is 5.75 Å². The summed E-state index contributed by atoms with van der Waals surface area (Å²) in [4.78, 5) is 11.9. The molecule has 4 nitrogen and oxygen atoms in total. The zero-order chi connectivity index (χ0) is 17.6. The third kappa shape index (κ3) is 2.66. The molecule has 4 N–H and O–H groups in total. The van der Waals surface area contributed by atoms with Crippen LogP contribution in [0.3, 0.4) is 0 Å². The highest BCUT2D eigenvalue weighted by Gasteiger charge is 2.55. The standard InChI is InChI=1S/C21H30N2O2/c1-2-19(25)23-20(22)21-10-3-4-18(21)17-7-5-13-12-14(24)6-8-15(13)16(17)9-11-21/h6,8,12,16-18,20,24H,2-5,7,9-11,22H2,1H3,(H,23,25)/t16-,17-,18+,20?,21-/m1/s1. The monoisotopic (exact) mass is 342 g/mol. The fourth-order valence-corrected chi connectivity index (χ4v) is 6.24. The average molecular weight is 342 g/mol. The van der Waals surface area contributed by atoms with Crippen molar-refractivity contribution in [2.45, 2.75) is 70.4 Å². The van der Waals surface area contributed by atoms with Gasteiger partial charge in [-0.15, -0.1) is 0 Å². The largest absolute Gasteiger partial charge is 0.508 e. The quantitative estimate of drug-likeness (QED) is 0.737. The van der Waals surface area contributed by atoms with Crippen molar-refractivity contribution in [1.82, 2.24) is 5.32 Å². The first kappa shape index (κ1) is 16.9. The number of nitrogens with two attached hydrogens (primary N) is 1. The Morgan fingerprint density at radius 1 is 1.36 bits per heavy atom. The lowest BCUT2D eigenvalue weighted by Gasteiger charge is -2.52. The molecule has 5 atom stereocenters. The van der Waals surface area contributed by atoms with Crippen molar-refractivity contribution in [3.63, 3.8) is 0 Å².